The van der Waals surface area contributed by atoms with Crippen LogP contribution in [-0.4, -0.2) is 11.0 Å². The van der Waals surface area contributed by atoms with Gasteiger partial charge in [-0.15, -0.1) is 0 Å². The Bertz CT molecular complexity index is 8.00. The van der Waals surface area contributed by atoms with Gasteiger partial charge in [-0.2, -0.15) is 0 Å². The lowest BCUT2D eigenvalue weighted by Crippen LogP contribution is -2.50. The Morgan fingerprint density at radius 2 is 2.00 bits per heavy atom. The van der Waals surface area contributed by atoms with Crippen LogP contribution < -0.4 is 5.73 Å². The van der Waals surface area contributed by atoms with Crippen molar-refractivity contribution in [3.8, 4) is 0 Å². The number of halogens is 1. The van der Waals surface area contributed by atoms with E-state index in [0.29, 0.717) is 0 Å². The molecule has 3 N–H and O–H groups in total. The van der Waals surface area contributed by atoms with Crippen LogP contribution in [0.2, 0.25) is 0 Å². The molecule has 0 atom stereocenters. The van der Waals surface area contributed by atoms with Gasteiger partial charge in [-0.3, -0.25) is 0 Å². The van der Waals surface area contributed by atoms with Crippen molar-refractivity contribution < 1.29 is 5.73 Å². The average molecular weight is 172 g/mol. The molecule has 0 fully saturated rings. The molecule has 1 nitrogen and oxygen atoms in total. The molecule has 0 aromatic heterocycles. The summed E-state index contributed by atoms with van der Waals surface area (Å²) in [7, 11) is 0. The minimum Gasteiger partial charge on any atom is -0.357 e. The standard InChI is InChI=1S/C2H6IN/c3-1-2-4/h1-2,4H2/p+1. The van der Waals surface area contributed by atoms with Crippen molar-refractivity contribution in [2.75, 3.05) is 11.0 Å². The van der Waals surface area contributed by atoms with Gasteiger partial charge in [-0.25, -0.2) is 0 Å². The number of hydrogen-bond donors (Lipinski definition) is 1. The van der Waals surface area contributed by atoms with Crippen LogP contribution >= 0.6 is 22.6 Å². The van der Waals surface area contributed by atoms with Crippen LogP contribution in [0.1, 0.15) is 0 Å². The van der Waals surface area contributed by atoms with Gasteiger partial charge < -0.3 is 5.73 Å². The summed E-state index contributed by atoms with van der Waals surface area (Å²) in [5.74, 6) is 0. The van der Waals surface area contributed by atoms with Gasteiger partial charge in [0, 0.05) is 4.43 Å². The molecule has 0 unspecified atom stereocenters. The third-order valence-corrected chi connectivity index (χ3v) is 0.896. The van der Waals surface area contributed by atoms with E-state index in [1.165, 1.54) is 4.43 Å². The van der Waals surface area contributed by atoms with E-state index in [-0.39, 0.29) is 0 Å². The summed E-state index contributed by atoms with van der Waals surface area (Å²) in [6, 6.07) is 0. The maximum atomic E-state index is 3.60. The first-order chi connectivity index (χ1) is 1.91. The highest BCUT2D eigenvalue weighted by molar-refractivity contribution is 14.1. The maximum Gasteiger partial charge on any atom is 0.0830 e. The summed E-state index contributed by atoms with van der Waals surface area (Å²) in [6.45, 7) is 1.06. The van der Waals surface area contributed by atoms with Crippen LogP contribution in [0.4, 0.5) is 0 Å². The fourth-order valence-corrected chi connectivity index (χ4v) is 0. The first-order valence-electron chi connectivity index (χ1n) is 1.27. The summed E-state index contributed by atoms with van der Waals surface area (Å²) in [5.41, 5.74) is 3.60. The van der Waals surface area contributed by atoms with Gasteiger partial charge in [0.25, 0.3) is 0 Å². The summed E-state index contributed by atoms with van der Waals surface area (Å²) in [5, 5.41) is 0. The molecule has 0 amide bonds. The highest BCUT2D eigenvalue weighted by atomic mass is 127. The van der Waals surface area contributed by atoms with E-state index in [9.17, 15) is 0 Å². The molecular formula is C2H7IN+. The van der Waals surface area contributed by atoms with Crippen molar-refractivity contribution in [2.45, 2.75) is 0 Å². The van der Waals surface area contributed by atoms with Gasteiger partial charge in [0.05, 0.1) is 6.54 Å². The molecule has 0 saturated heterocycles. The van der Waals surface area contributed by atoms with Crippen molar-refractivity contribution in [2.24, 2.45) is 0 Å². The predicted octanol–water partition coefficient (Wildman–Crippen LogP) is -0.337. The molecule has 0 saturated carbocycles. The van der Waals surface area contributed by atoms with Crippen molar-refractivity contribution in [3.63, 3.8) is 0 Å². The van der Waals surface area contributed by atoms with Gasteiger partial charge in [0.15, 0.2) is 0 Å². The zero-order chi connectivity index (χ0) is 3.41. The van der Waals surface area contributed by atoms with Gasteiger partial charge in [0.1, 0.15) is 0 Å². The molecule has 0 aromatic carbocycles. The lowest BCUT2D eigenvalue weighted by molar-refractivity contribution is -0.359. The zero-order valence-electron chi connectivity index (χ0n) is 2.50. The SMILES string of the molecule is [NH3+]CCI. The van der Waals surface area contributed by atoms with Crippen LogP contribution in [0.25, 0.3) is 0 Å². The average Bonchev–Trinajstić information content (AvgIpc) is 1.37. The van der Waals surface area contributed by atoms with E-state index in [4.69, 9.17) is 0 Å². The number of hydrogen-bond acceptors (Lipinski definition) is 0. The molecular weight excluding hydrogens is 165 g/mol. The molecule has 0 aliphatic heterocycles. The van der Waals surface area contributed by atoms with Crippen molar-refractivity contribution in [3.05, 3.63) is 0 Å². The first kappa shape index (κ1) is 4.69. The Morgan fingerprint density at radius 1 is 1.75 bits per heavy atom. The fraction of sp³-hybridized carbons (Fsp3) is 1.00. The van der Waals surface area contributed by atoms with Crippen molar-refractivity contribution in [1.29, 1.82) is 0 Å². The van der Waals surface area contributed by atoms with Gasteiger partial charge in [0.2, 0.25) is 0 Å². The second-order valence-corrected chi connectivity index (χ2v) is 1.62. The molecule has 2 heteroatoms. The Kier molecular flexibility index (Phi) is 4.33. The van der Waals surface area contributed by atoms with E-state index >= 15 is 0 Å². The highest BCUT2D eigenvalue weighted by Gasteiger charge is 1.62. The van der Waals surface area contributed by atoms with Gasteiger partial charge in [-0.05, 0) is 0 Å². The minimum absolute atomic E-state index is 1.06. The normalized spacial score (nSPS) is 7.50. The second-order valence-electron chi connectivity index (χ2n) is 0.543. The van der Waals surface area contributed by atoms with Crippen LogP contribution in [-0.2, 0) is 0 Å². The topological polar surface area (TPSA) is 27.6 Å². The Labute approximate surface area is 39.7 Å². The van der Waals surface area contributed by atoms with Crippen LogP contribution in [0.15, 0.2) is 0 Å². The molecule has 0 radical (unpaired) electrons. The number of quaternary nitrogens is 1. The van der Waals surface area contributed by atoms with Crippen LogP contribution in [0.3, 0.4) is 0 Å². The van der Waals surface area contributed by atoms with Crippen LogP contribution in [0.5, 0.6) is 0 Å². The molecule has 0 aliphatic rings. The van der Waals surface area contributed by atoms with E-state index < -0.39 is 0 Å². The fourth-order valence-electron chi connectivity index (χ4n) is 0. The highest BCUT2D eigenvalue weighted by Crippen LogP contribution is 1.68. The molecule has 26 valence electrons. The smallest absolute Gasteiger partial charge is 0.0830 e. The third-order valence-electron chi connectivity index (χ3n) is 0.134. The number of rotatable bonds is 1. The van der Waals surface area contributed by atoms with E-state index in [1.807, 2.05) is 0 Å². The summed E-state index contributed by atoms with van der Waals surface area (Å²) in [4.78, 5) is 0. The molecule has 0 heterocycles. The molecule has 0 aliphatic carbocycles. The molecule has 0 bridgehead atoms. The third kappa shape index (κ3) is 2.69. The Morgan fingerprint density at radius 3 is 2.00 bits per heavy atom. The zero-order valence-corrected chi connectivity index (χ0v) is 4.66. The lowest BCUT2D eigenvalue weighted by Gasteiger charge is -1.64. The minimum atomic E-state index is 1.06. The van der Waals surface area contributed by atoms with Gasteiger partial charge in [-0.1, -0.05) is 22.6 Å². The second kappa shape index (κ2) is 3.69. The molecule has 0 rings (SSSR count). The Hall–Kier alpha value is 0.690. The lowest BCUT2D eigenvalue weighted by atomic mass is 10.8. The number of alkyl halides is 1. The van der Waals surface area contributed by atoms with Crippen LogP contribution in [0, 0.1) is 0 Å². The largest absolute Gasteiger partial charge is 0.357 e. The monoisotopic (exact) mass is 172 g/mol. The van der Waals surface area contributed by atoms with E-state index in [2.05, 4.69) is 28.3 Å². The molecule has 4 heavy (non-hydrogen) atoms. The van der Waals surface area contributed by atoms with Crippen molar-refractivity contribution in [1.82, 2.24) is 0 Å². The Balaban J connectivity index is 1.97. The van der Waals surface area contributed by atoms with E-state index in [1.54, 1.807) is 0 Å². The molecule has 0 aromatic rings. The summed E-state index contributed by atoms with van der Waals surface area (Å²) in [6.07, 6.45) is 0. The predicted molar refractivity (Wildman–Crippen MR) is 26.6 cm³/mol. The maximum absolute atomic E-state index is 3.60. The van der Waals surface area contributed by atoms with Crippen molar-refractivity contribution >= 4 is 22.6 Å². The summed E-state index contributed by atoms with van der Waals surface area (Å²) < 4.78 is 1.18. The summed E-state index contributed by atoms with van der Waals surface area (Å²) >= 11 is 2.29. The first-order valence-corrected chi connectivity index (χ1v) is 2.79. The quantitative estimate of drug-likeness (QED) is 0.414. The molecule has 0 spiro atoms. The van der Waals surface area contributed by atoms with Gasteiger partial charge >= 0.3 is 0 Å². The van der Waals surface area contributed by atoms with E-state index in [0.717, 1.165) is 6.54 Å².